The standard InChI is InChI=1S/C28H34N4O/c1-18-5-4-6-23-22(7-8-24(27(18)23)30(3)17-33)20-9-11-31(12-10-20)26-15-32-16-29-21-13-19(2)28(26)25(32)14-21/h4-8,15-17,19-21,25,28H,9-14H2,1-3H3/t19-,21?,25?,28+/m0/s1. The quantitative estimate of drug-likeness (QED) is 0.632. The molecule has 5 heteroatoms. The topological polar surface area (TPSA) is 39.1 Å². The van der Waals surface area contributed by atoms with E-state index in [9.17, 15) is 4.79 Å². The lowest BCUT2D eigenvalue weighted by atomic mass is 9.73. The number of anilines is 1. The molecule has 0 N–H and O–H groups in total. The fourth-order valence-electron chi connectivity index (χ4n) is 7.06. The summed E-state index contributed by atoms with van der Waals surface area (Å²) in [6.07, 6.45) is 10.2. The number of amides is 1. The second-order valence-corrected chi connectivity index (χ2v) is 10.6. The van der Waals surface area contributed by atoms with Crippen molar-refractivity contribution in [3.63, 3.8) is 0 Å². The summed E-state index contributed by atoms with van der Waals surface area (Å²) in [6.45, 7) is 6.81. The van der Waals surface area contributed by atoms with Crippen molar-refractivity contribution in [1.29, 1.82) is 0 Å². The highest BCUT2D eigenvalue weighted by Gasteiger charge is 2.47. The maximum atomic E-state index is 11.5. The van der Waals surface area contributed by atoms with Gasteiger partial charge in [0.05, 0.1) is 18.1 Å². The highest BCUT2D eigenvalue weighted by Crippen LogP contribution is 2.47. The van der Waals surface area contributed by atoms with Crippen molar-refractivity contribution in [2.75, 3.05) is 25.0 Å². The van der Waals surface area contributed by atoms with Crippen LogP contribution in [0.25, 0.3) is 10.8 Å². The molecule has 3 aliphatic heterocycles. The molecule has 172 valence electrons. The summed E-state index contributed by atoms with van der Waals surface area (Å²) < 4.78 is 0. The zero-order chi connectivity index (χ0) is 22.7. The second kappa shape index (κ2) is 7.89. The zero-order valence-electron chi connectivity index (χ0n) is 19.9. The van der Waals surface area contributed by atoms with Crippen molar-refractivity contribution >= 4 is 29.2 Å². The van der Waals surface area contributed by atoms with Gasteiger partial charge in [-0.2, -0.15) is 0 Å². The molecule has 2 aromatic carbocycles. The number of hydrogen-bond acceptors (Lipinski definition) is 4. The molecule has 0 spiro atoms. The molecule has 2 bridgehead atoms. The average Bonchev–Trinajstić information content (AvgIpc) is 3.25. The number of aliphatic imine (C=N–C) groups is 1. The number of rotatable bonds is 4. The molecule has 0 aromatic heterocycles. The lowest BCUT2D eigenvalue weighted by Crippen LogP contribution is -2.47. The third kappa shape index (κ3) is 3.27. The van der Waals surface area contributed by atoms with E-state index in [1.807, 2.05) is 7.05 Å². The van der Waals surface area contributed by atoms with Gasteiger partial charge in [-0.3, -0.25) is 9.79 Å². The maximum Gasteiger partial charge on any atom is 0.213 e. The molecule has 2 aromatic rings. The molecule has 33 heavy (non-hydrogen) atoms. The van der Waals surface area contributed by atoms with Crippen molar-refractivity contribution in [1.82, 2.24) is 9.80 Å². The van der Waals surface area contributed by atoms with E-state index in [1.54, 1.807) is 10.6 Å². The number of carbonyl (C=O) groups is 1. The van der Waals surface area contributed by atoms with E-state index in [0.29, 0.717) is 29.8 Å². The number of carbonyl (C=O) groups excluding carboxylic acids is 1. The minimum atomic E-state index is 0.536. The fraction of sp³-hybridized carbons (Fsp3) is 0.500. The fourth-order valence-corrected chi connectivity index (χ4v) is 7.06. The largest absolute Gasteiger partial charge is 0.373 e. The predicted octanol–water partition coefficient (Wildman–Crippen LogP) is 4.90. The lowest BCUT2D eigenvalue weighted by molar-refractivity contribution is -0.107. The van der Waals surface area contributed by atoms with Gasteiger partial charge in [-0.25, -0.2) is 0 Å². The van der Waals surface area contributed by atoms with Crippen LogP contribution in [0, 0.1) is 18.8 Å². The molecule has 0 radical (unpaired) electrons. The van der Waals surface area contributed by atoms with Gasteiger partial charge in [-0.05, 0) is 67.0 Å². The Labute approximate surface area is 196 Å². The van der Waals surface area contributed by atoms with E-state index in [0.717, 1.165) is 25.2 Å². The number of fused-ring (bicyclic) bond motifs is 2. The highest BCUT2D eigenvalue weighted by molar-refractivity contribution is 6.02. The molecule has 1 aliphatic carbocycles. The van der Waals surface area contributed by atoms with Crippen molar-refractivity contribution < 1.29 is 4.79 Å². The average molecular weight is 443 g/mol. The third-order valence-electron chi connectivity index (χ3n) is 8.70. The monoisotopic (exact) mass is 442 g/mol. The van der Waals surface area contributed by atoms with E-state index in [4.69, 9.17) is 4.99 Å². The first-order valence-corrected chi connectivity index (χ1v) is 12.5. The van der Waals surface area contributed by atoms with Gasteiger partial charge in [0.2, 0.25) is 6.41 Å². The molecule has 4 atom stereocenters. The van der Waals surface area contributed by atoms with Crippen LogP contribution in [0.1, 0.15) is 49.7 Å². The number of aryl methyl sites for hydroxylation is 1. The van der Waals surface area contributed by atoms with Gasteiger partial charge in [-0.1, -0.05) is 31.2 Å². The Kier molecular flexibility index (Phi) is 4.97. The molecule has 1 amide bonds. The third-order valence-corrected chi connectivity index (χ3v) is 8.70. The normalized spacial score (nSPS) is 28.9. The van der Waals surface area contributed by atoms with E-state index < -0.39 is 0 Å². The zero-order valence-corrected chi connectivity index (χ0v) is 19.9. The first-order valence-electron chi connectivity index (χ1n) is 12.5. The molecule has 4 aliphatic rings. The van der Waals surface area contributed by atoms with Gasteiger partial charge < -0.3 is 14.7 Å². The number of benzene rings is 2. The Bertz CT molecular complexity index is 1150. The Morgan fingerprint density at radius 3 is 2.73 bits per heavy atom. The summed E-state index contributed by atoms with van der Waals surface area (Å²) >= 11 is 0. The van der Waals surface area contributed by atoms with Crippen molar-refractivity contribution in [2.24, 2.45) is 16.8 Å². The molecule has 2 fully saturated rings. The van der Waals surface area contributed by atoms with Crippen LogP contribution >= 0.6 is 0 Å². The minimum Gasteiger partial charge on any atom is -0.373 e. The van der Waals surface area contributed by atoms with Crippen LogP contribution in [-0.4, -0.2) is 54.8 Å². The van der Waals surface area contributed by atoms with Crippen LogP contribution < -0.4 is 4.90 Å². The van der Waals surface area contributed by atoms with Gasteiger partial charge in [0.25, 0.3) is 0 Å². The van der Waals surface area contributed by atoms with Gasteiger partial charge in [0.15, 0.2) is 0 Å². The predicted molar refractivity (Wildman–Crippen MR) is 135 cm³/mol. The smallest absolute Gasteiger partial charge is 0.213 e. The van der Waals surface area contributed by atoms with E-state index in [-0.39, 0.29) is 0 Å². The number of nitrogens with zero attached hydrogens (tertiary/aromatic N) is 4. The number of hydrogen-bond donors (Lipinski definition) is 0. The molecule has 6 rings (SSSR count). The molecule has 3 heterocycles. The highest BCUT2D eigenvalue weighted by atomic mass is 16.1. The van der Waals surface area contributed by atoms with Gasteiger partial charge in [0.1, 0.15) is 0 Å². The lowest BCUT2D eigenvalue weighted by Gasteiger charge is -2.44. The molecular weight excluding hydrogens is 408 g/mol. The molecule has 1 saturated carbocycles. The Morgan fingerprint density at radius 1 is 1.12 bits per heavy atom. The van der Waals surface area contributed by atoms with Crippen LogP contribution in [0.5, 0.6) is 0 Å². The van der Waals surface area contributed by atoms with Crippen LogP contribution in [0.2, 0.25) is 0 Å². The summed E-state index contributed by atoms with van der Waals surface area (Å²) in [5, 5.41) is 2.52. The van der Waals surface area contributed by atoms with Gasteiger partial charge in [0, 0.05) is 49.4 Å². The SMILES string of the molecule is Cc1cccc2c(C3CCN(C4=CN5C=NC6CC5[C@H]4[C@@H](C)C6)CC3)ccc(N(C)C=O)c12. The molecule has 5 nitrogen and oxygen atoms in total. The first-order chi connectivity index (χ1) is 16.0. The number of piperidine rings is 1. The summed E-state index contributed by atoms with van der Waals surface area (Å²) in [5.74, 6) is 1.92. The maximum absolute atomic E-state index is 11.5. The summed E-state index contributed by atoms with van der Waals surface area (Å²) in [7, 11) is 1.84. The molecular formula is C28H34N4O. The second-order valence-electron chi connectivity index (χ2n) is 10.6. The van der Waals surface area contributed by atoms with Crippen LogP contribution in [0.3, 0.4) is 0 Å². The van der Waals surface area contributed by atoms with Gasteiger partial charge >= 0.3 is 0 Å². The van der Waals surface area contributed by atoms with Crippen LogP contribution in [0.4, 0.5) is 5.69 Å². The van der Waals surface area contributed by atoms with E-state index in [1.165, 1.54) is 47.6 Å². The van der Waals surface area contributed by atoms with E-state index >= 15 is 0 Å². The van der Waals surface area contributed by atoms with E-state index in [2.05, 4.69) is 66.5 Å². The van der Waals surface area contributed by atoms with Crippen molar-refractivity contribution in [3.8, 4) is 0 Å². The van der Waals surface area contributed by atoms with Gasteiger partial charge in [-0.15, -0.1) is 0 Å². The summed E-state index contributed by atoms with van der Waals surface area (Å²) in [6, 6.07) is 12.1. The Morgan fingerprint density at radius 2 is 1.94 bits per heavy atom. The molecule has 2 unspecified atom stereocenters. The van der Waals surface area contributed by atoms with Crippen LogP contribution in [0.15, 0.2) is 47.2 Å². The Balaban J connectivity index is 1.26. The number of likely N-dealkylation sites (tertiary alicyclic amines) is 1. The van der Waals surface area contributed by atoms with Crippen molar-refractivity contribution in [2.45, 2.75) is 57.5 Å². The van der Waals surface area contributed by atoms with Crippen LogP contribution in [-0.2, 0) is 4.79 Å². The van der Waals surface area contributed by atoms with Crippen molar-refractivity contribution in [3.05, 3.63) is 53.4 Å². The first kappa shape index (κ1) is 20.8. The molecule has 1 saturated heterocycles. The Hall–Kier alpha value is -2.82. The summed E-state index contributed by atoms with van der Waals surface area (Å²) in [5.41, 5.74) is 5.23. The summed E-state index contributed by atoms with van der Waals surface area (Å²) in [4.78, 5) is 23.0. The minimum absolute atomic E-state index is 0.536.